The predicted octanol–water partition coefficient (Wildman–Crippen LogP) is 0.651. The van der Waals surface area contributed by atoms with Crippen molar-refractivity contribution >= 4 is 16.1 Å². The van der Waals surface area contributed by atoms with E-state index in [4.69, 9.17) is 0 Å². The first-order valence-corrected chi connectivity index (χ1v) is 9.45. The van der Waals surface area contributed by atoms with Crippen LogP contribution in [0.4, 0.5) is 4.79 Å². The average Bonchev–Trinajstić information content (AvgIpc) is 2.51. The van der Waals surface area contributed by atoms with Gasteiger partial charge in [0.1, 0.15) is 0 Å². The lowest BCUT2D eigenvalue weighted by Gasteiger charge is -2.25. The molecule has 8 heteroatoms. The lowest BCUT2D eigenvalue weighted by molar-refractivity contribution is 0.189. The number of benzene rings is 1. The van der Waals surface area contributed by atoms with Crippen molar-refractivity contribution in [2.45, 2.75) is 6.54 Å². The maximum Gasteiger partial charge on any atom is 0.317 e. The van der Waals surface area contributed by atoms with Crippen LogP contribution in [0.5, 0.6) is 0 Å². The first kappa shape index (κ1) is 20.4. The zero-order valence-electron chi connectivity index (χ0n) is 14.9. The van der Waals surface area contributed by atoms with E-state index in [1.54, 1.807) is 4.90 Å². The van der Waals surface area contributed by atoms with Crippen molar-refractivity contribution in [2.24, 2.45) is 0 Å². The van der Waals surface area contributed by atoms with Crippen LogP contribution in [0.3, 0.4) is 0 Å². The minimum atomic E-state index is -3.31. The molecular formula is C16H28N4O3S. The molecule has 1 aromatic carbocycles. The van der Waals surface area contributed by atoms with E-state index < -0.39 is 10.0 Å². The Morgan fingerprint density at radius 1 is 1.04 bits per heavy atom. The Labute approximate surface area is 145 Å². The maximum atomic E-state index is 12.4. The summed E-state index contributed by atoms with van der Waals surface area (Å²) in [6, 6.07) is 9.47. The lowest BCUT2D eigenvalue weighted by atomic mass is 10.2. The monoisotopic (exact) mass is 356 g/mol. The van der Waals surface area contributed by atoms with Gasteiger partial charge in [0.15, 0.2) is 0 Å². The van der Waals surface area contributed by atoms with Crippen molar-refractivity contribution in [1.29, 1.82) is 0 Å². The molecule has 0 aliphatic carbocycles. The summed E-state index contributed by atoms with van der Waals surface area (Å²) >= 11 is 0. The third-order valence-corrected chi connectivity index (χ3v) is 5.35. The number of nitrogens with zero attached hydrogens (tertiary/aromatic N) is 3. The molecule has 0 bridgehead atoms. The van der Waals surface area contributed by atoms with E-state index in [0.717, 1.165) is 16.4 Å². The fraction of sp³-hybridized carbons (Fsp3) is 0.562. The van der Waals surface area contributed by atoms with Crippen molar-refractivity contribution in [1.82, 2.24) is 19.4 Å². The van der Waals surface area contributed by atoms with Crippen molar-refractivity contribution < 1.29 is 13.2 Å². The number of urea groups is 1. The van der Waals surface area contributed by atoms with Gasteiger partial charge in [-0.25, -0.2) is 17.5 Å². The number of carbonyl (C=O) groups is 1. The molecule has 0 fully saturated rings. The smallest absolute Gasteiger partial charge is 0.317 e. The van der Waals surface area contributed by atoms with Gasteiger partial charge in [0, 0.05) is 40.3 Å². The number of nitrogens with one attached hydrogen (secondary N) is 1. The molecule has 7 nitrogen and oxygen atoms in total. The molecule has 0 spiro atoms. The number of carbonyl (C=O) groups excluding carboxylic acids is 1. The fourth-order valence-corrected chi connectivity index (χ4v) is 2.68. The first-order chi connectivity index (χ1) is 11.2. The molecule has 0 saturated heterocycles. The van der Waals surface area contributed by atoms with E-state index in [0.29, 0.717) is 13.1 Å². The Balaban J connectivity index is 2.63. The molecule has 0 heterocycles. The van der Waals surface area contributed by atoms with Crippen LogP contribution < -0.4 is 5.32 Å². The second kappa shape index (κ2) is 9.61. The number of rotatable bonds is 9. The number of amides is 2. The van der Waals surface area contributed by atoms with E-state index in [1.165, 1.54) is 14.1 Å². The minimum absolute atomic E-state index is 0.0899. The van der Waals surface area contributed by atoms with Crippen LogP contribution in [-0.2, 0) is 16.6 Å². The zero-order chi connectivity index (χ0) is 18.2. The Kier molecular flexibility index (Phi) is 8.17. The van der Waals surface area contributed by atoms with Gasteiger partial charge in [-0.3, -0.25) is 0 Å². The molecule has 0 saturated carbocycles. The van der Waals surface area contributed by atoms with Crippen LogP contribution in [0.15, 0.2) is 30.3 Å². The van der Waals surface area contributed by atoms with Crippen molar-refractivity contribution in [3.63, 3.8) is 0 Å². The SMILES string of the molecule is CN(C)CCN(Cc1ccccc1)C(=O)NCCS(=O)(=O)N(C)C. The van der Waals surface area contributed by atoms with E-state index in [-0.39, 0.29) is 18.3 Å². The summed E-state index contributed by atoms with van der Waals surface area (Å²) < 4.78 is 24.6. The molecule has 0 radical (unpaired) electrons. The van der Waals surface area contributed by atoms with Gasteiger partial charge in [-0.15, -0.1) is 0 Å². The molecule has 136 valence electrons. The van der Waals surface area contributed by atoms with Gasteiger partial charge in [0.05, 0.1) is 5.75 Å². The fourth-order valence-electron chi connectivity index (χ4n) is 1.96. The highest BCUT2D eigenvalue weighted by Gasteiger charge is 2.17. The molecule has 0 atom stereocenters. The van der Waals surface area contributed by atoms with Gasteiger partial charge in [-0.2, -0.15) is 0 Å². The summed E-state index contributed by atoms with van der Waals surface area (Å²) in [5.74, 6) is -0.113. The van der Waals surface area contributed by atoms with Gasteiger partial charge < -0.3 is 15.1 Å². The zero-order valence-corrected chi connectivity index (χ0v) is 15.7. The summed E-state index contributed by atoms with van der Waals surface area (Å²) in [4.78, 5) is 16.1. The largest absolute Gasteiger partial charge is 0.337 e. The van der Waals surface area contributed by atoms with Gasteiger partial charge >= 0.3 is 6.03 Å². The summed E-state index contributed by atoms with van der Waals surface area (Å²) in [6.45, 7) is 1.87. The first-order valence-electron chi connectivity index (χ1n) is 7.84. The van der Waals surface area contributed by atoms with Crippen LogP contribution in [-0.4, -0.2) is 82.1 Å². The molecular weight excluding hydrogens is 328 g/mol. The minimum Gasteiger partial charge on any atom is -0.337 e. The highest BCUT2D eigenvalue weighted by atomic mass is 32.2. The van der Waals surface area contributed by atoms with Crippen molar-refractivity contribution in [3.05, 3.63) is 35.9 Å². The Hall–Kier alpha value is -1.64. The quantitative estimate of drug-likeness (QED) is 0.705. The maximum absolute atomic E-state index is 12.4. The van der Waals surface area contributed by atoms with Crippen LogP contribution in [0, 0.1) is 0 Å². The van der Waals surface area contributed by atoms with E-state index in [9.17, 15) is 13.2 Å². The Bertz CT molecular complexity index is 603. The molecule has 0 aliphatic heterocycles. The summed E-state index contributed by atoms with van der Waals surface area (Å²) in [5, 5.41) is 2.70. The number of likely N-dealkylation sites (N-methyl/N-ethyl adjacent to an activating group) is 1. The van der Waals surface area contributed by atoms with Crippen LogP contribution in [0.25, 0.3) is 0 Å². The van der Waals surface area contributed by atoms with Gasteiger partial charge in [-0.05, 0) is 19.7 Å². The molecule has 1 rings (SSSR count). The van der Waals surface area contributed by atoms with Crippen LogP contribution in [0.2, 0.25) is 0 Å². The van der Waals surface area contributed by atoms with E-state index in [1.807, 2.05) is 49.3 Å². The molecule has 0 aliphatic rings. The van der Waals surface area contributed by atoms with Crippen molar-refractivity contribution in [2.75, 3.05) is 53.6 Å². The number of hydrogen-bond acceptors (Lipinski definition) is 4. The van der Waals surface area contributed by atoms with Crippen molar-refractivity contribution in [3.8, 4) is 0 Å². The van der Waals surface area contributed by atoms with E-state index >= 15 is 0 Å². The van der Waals surface area contributed by atoms with Crippen LogP contribution >= 0.6 is 0 Å². The lowest BCUT2D eigenvalue weighted by Crippen LogP contribution is -2.44. The summed E-state index contributed by atoms with van der Waals surface area (Å²) in [7, 11) is 3.55. The summed E-state index contributed by atoms with van der Waals surface area (Å²) in [5.41, 5.74) is 1.03. The normalized spacial score (nSPS) is 11.8. The third-order valence-electron chi connectivity index (χ3n) is 3.51. The topological polar surface area (TPSA) is 73.0 Å². The Morgan fingerprint density at radius 2 is 1.67 bits per heavy atom. The molecule has 2 amide bonds. The molecule has 0 unspecified atom stereocenters. The second-order valence-corrected chi connectivity index (χ2v) is 8.34. The van der Waals surface area contributed by atoms with Gasteiger partial charge in [-0.1, -0.05) is 30.3 Å². The standard InChI is InChI=1S/C16H28N4O3S/c1-18(2)11-12-20(14-15-8-6-5-7-9-15)16(21)17-10-13-24(22,23)19(3)4/h5-9H,10-14H2,1-4H3,(H,17,21). The van der Waals surface area contributed by atoms with E-state index in [2.05, 4.69) is 5.32 Å². The highest BCUT2D eigenvalue weighted by molar-refractivity contribution is 7.89. The van der Waals surface area contributed by atoms with Crippen LogP contribution in [0.1, 0.15) is 5.56 Å². The molecule has 1 aromatic rings. The van der Waals surface area contributed by atoms with Gasteiger partial charge in [0.25, 0.3) is 0 Å². The average molecular weight is 356 g/mol. The predicted molar refractivity (Wildman–Crippen MR) is 96.3 cm³/mol. The third kappa shape index (κ3) is 7.29. The van der Waals surface area contributed by atoms with Gasteiger partial charge in [0.2, 0.25) is 10.0 Å². The summed E-state index contributed by atoms with van der Waals surface area (Å²) in [6.07, 6.45) is 0. The number of hydrogen-bond donors (Lipinski definition) is 1. The number of sulfonamides is 1. The molecule has 24 heavy (non-hydrogen) atoms. The Morgan fingerprint density at radius 3 is 2.21 bits per heavy atom. The molecule has 1 N–H and O–H groups in total. The highest BCUT2D eigenvalue weighted by Crippen LogP contribution is 2.05. The second-order valence-electron chi connectivity index (χ2n) is 6.04. The molecule has 0 aromatic heterocycles.